The second kappa shape index (κ2) is 7.22. The summed E-state index contributed by atoms with van der Waals surface area (Å²) in [6.07, 6.45) is 3.54. The minimum absolute atomic E-state index is 0.108. The number of hydrogen-bond acceptors (Lipinski definition) is 3. The zero-order valence-electron chi connectivity index (χ0n) is 12.4. The number of thiophene rings is 1. The number of halogens is 1. The zero-order chi connectivity index (χ0) is 14.7. The van der Waals surface area contributed by atoms with Crippen LogP contribution in [0.5, 0.6) is 0 Å². The maximum absolute atomic E-state index is 12.4. The average Bonchev–Trinajstić information content (AvgIpc) is 2.81. The summed E-state index contributed by atoms with van der Waals surface area (Å²) in [7, 11) is 0. The molecule has 3 nitrogen and oxygen atoms in total. The summed E-state index contributed by atoms with van der Waals surface area (Å²) in [5, 5.41) is 3.55. The quantitative estimate of drug-likeness (QED) is 0.759. The van der Waals surface area contributed by atoms with E-state index in [1.165, 1.54) is 26.2 Å². The zero-order valence-corrected chi connectivity index (χ0v) is 15.4. The van der Waals surface area contributed by atoms with Crippen LogP contribution >= 0.6 is 33.9 Å². The molecule has 1 aliphatic carbocycles. The number of nitrogens with zero attached hydrogens (tertiary/aromatic N) is 1. The Labute approximate surface area is 139 Å². The number of likely N-dealkylation sites (N-methyl/N-ethyl adjacent to an activating group) is 1. The van der Waals surface area contributed by atoms with Gasteiger partial charge in [0, 0.05) is 24.0 Å². The largest absolute Gasteiger partial charge is 0.342 e. The predicted octanol–water partition coefficient (Wildman–Crippen LogP) is 3.58. The van der Waals surface area contributed by atoms with Gasteiger partial charge < -0.3 is 4.90 Å². The molecule has 2 unspecified atom stereocenters. The summed E-state index contributed by atoms with van der Waals surface area (Å²) in [6, 6.07) is 2.52. The van der Waals surface area contributed by atoms with Crippen molar-refractivity contribution in [1.82, 2.24) is 10.2 Å². The SMILES string of the molecule is CCN(CC)C(=O)C(C)NC1CCCc2sc(I)cc21. The lowest BCUT2D eigenvalue weighted by atomic mass is 9.93. The smallest absolute Gasteiger partial charge is 0.239 e. The van der Waals surface area contributed by atoms with E-state index in [9.17, 15) is 4.79 Å². The first-order valence-corrected chi connectivity index (χ1v) is 9.29. The molecule has 20 heavy (non-hydrogen) atoms. The van der Waals surface area contributed by atoms with Crippen LogP contribution in [0.1, 0.15) is 50.1 Å². The predicted molar refractivity (Wildman–Crippen MR) is 93.2 cm³/mol. The monoisotopic (exact) mass is 406 g/mol. The summed E-state index contributed by atoms with van der Waals surface area (Å²) in [4.78, 5) is 15.8. The molecule has 0 aliphatic heterocycles. The van der Waals surface area contributed by atoms with Crippen molar-refractivity contribution < 1.29 is 4.79 Å². The van der Waals surface area contributed by atoms with Crippen molar-refractivity contribution in [2.24, 2.45) is 0 Å². The van der Waals surface area contributed by atoms with Gasteiger partial charge in [-0.25, -0.2) is 0 Å². The van der Waals surface area contributed by atoms with Crippen molar-refractivity contribution in [2.45, 2.75) is 52.1 Å². The molecule has 1 N–H and O–H groups in total. The van der Waals surface area contributed by atoms with Gasteiger partial charge in [0.25, 0.3) is 0 Å². The van der Waals surface area contributed by atoms with E-state index in [2.05, 4.69) is 34.0 Å². The Bertz CT molecular complexity index is 470. The molecule has 5 heteroatoms. The molecule has 0 saturated carbocycles. The Hall–Kier alpha value is -0.140. The van der Waals surface area contributed by atoms with Crippen molar-refractivity contribution in [2.75, 3.05) is 13.1 Å². The van der Waals surface area contributed by atoms with Crippen LogP contribution in [0.15, 0.2) is 6.07 Å². The van der Waals surface area contributed by atoms with Crippen molar-refractivity contribution in [1.29, 1.82) is 0 Å². The molecule has 0 bridgehead atoms. The van der Waals surface area contributed by atoms with E-state index in [0.29, 0.717) is 6.04 Å². The maximum atomic E-state index is 12.4. The number of carbonyl (C=O) groups excluding carboxylic acids is 1. The fourth-order valence-electron chi connectivity index (χ4n) is 2.88. The summed E-state index contributed by atoms with van der Waals surface area (Å²) < 4.78 is 1.35. The van der Waals surface area contributed by atoms with Gasteiger partial charge in [0.1, 0.15) is 0 Å². The van der Waals surface area contributed by atoms with Gasteiger partial charge in [0.05, 0.1) is 8.93 Å². The molecule has 2 rings (SSSR count). The van der Waals surface area contributed by atoms with Gasteiger partial charge >= 0.3 is 0 Å². The van der Waals surface area contributed by atoms with E-state index < -0.39 is 0 Å². The van der Waals surface area contributed by atoms with E-state index in [-0.39, 0.29) is 11.9 Å². The number of aryl methyl sites for hydroxylation is 1. The Morgan fingerprint density at radius 2 is 2.25 bits per heavy atom. The van der Waals surface area contributed by atoms with Crippen molar-refractivity contribution in [3.05, 3.63) is 19.4 Å². The maximum Gasteiger partial charge on any atom is 0.239 e. The Balaban J connectivity index is 2.05. The van der Waals surface area contributed by atoms with Gasteiger partial charge in [-0.2, -0.15) is 0 Å². The highest BCUT2D eigenvalue weighted by molar-refractivity contribution is 14.1. The van der Waals surface area contributed by atoms with Crippen LogP contribution in [0.4, 0.5) is 0 Å². The van der Waals surface area contributed by atoms with Crippen LogP contribution < -0.4 is 5.32 Å². The summed E-state index contributed by atoms with van der Waals surface area (Å²) >= 11 is 4.29. The van der Waals surface area contributed by atoms with Crippen LogP contribution in [0.3, 0.4) is 0 Å². The minimum atomic E-state index is -0.108. The molecule has 0 saturated heterocycles. The molecular weight excluding hydrogens is 383 g/mol. The van der Waals surface area contributed by atoms with Crippen LogP contribution in [0.2, 0.25) is 0 Å². The molecule has 1 heterocycles. The minimum Gasteiger partial charge on any atom is -0.342 e. The number of nitrogens with one attached hydrogen (secondary N) is 1. The van der Waals surface area contributed by atoms with Gasteiger partial charge in [-0.15, -0.1) is 11.3 Å². The van der Waals surface area contributed by atoms with Crippen molar-refractivity contribution >= 4 is 39.8 Å². The number of carbonyl (C=O) groups is 1. The lowest BCUT2D eigenvalue weighted by Gasteiger charge is -2.29. The number of amides is 1. The molecule has 112 valence electrons. The van der Waals surface area contributed by atoms with Gasteiger partial charge in [-0.3, -0.25) is 10.1 Å². The molecule has 0 fully saturated rings. The van der Waals surface area contributed by atoms with E-state index in [4.69, 9.17) is 0 Å². The second-order valence-corrected chi connectivity index (χ2v) is 8.30. The highest BCUT2D eigenvalue weighted by Gasteiger charge is 2.26. The first-order valence-electron chi connectivity index (χ1n) is 7.39. The number of rotatable bonds is 5. The van der Waals surface area contributed by atoms with Crippen LogP contribution in [-0.2, 0) is 11.2 Å². The fraction of sp³-hybridized carbons (Fsp3) is 0.667. The molecule has 1 aromatic heterocycles. The average molecular weight is 406 g/mol. The molecule has 2 atom stereocenters. The third-order valence-electron chi connectivity index (χ3n) is 3.98. The third-order valence-corrected chi connectivity index (χ3v) is 5.95. The van der Waals surface area contributed by atoms with Crippen LogP contribution in [0.25, 0.3) is 0 Å². The standard InChI is InChI=1S/C15H23IN2OS/c1-4-18(5-2)15(19)10(3)17-12-7-6-8-13-11(12)9-14(16)20-13/h9-10,12,17H,4-8H2,1-3H3. The summed E-state index contributed by atoms with van der Waals surface area (Å²) in [5.41, 5.74) is 1.42. The van der Waals surface area contributed by atoms with Crippen LogP contribution in [-0.4, -0.2) is 29.9 Å². The topological polar surface area (TPSA) is 32.3 Å². The lowest BCUT2D eigenvalue weighted by molar-refractivity contribution is -0.132. The van der Waals surface area contributed by atoms with Gasteiger partial charge in [0.15, 0.2) is 0 Å². The molecule has 1 aliphatic rings. The Morgan fingerprint density at radius 3 is 2.90 bits per heavy atom. The normalized spacial score (nSPS) is 19.5. The van der Waals surface area contributed by atoms with E-state index in [1.54, 1.807) is 0 Å². The molecule has 0 radical (unpaired) electrons. The molecular formula is C15H23IN2OS. The summed E-state index contributed by atoms with van der Waals surface area (Å²) in [5.74, 6) is 0.215. The van der Waals surface area contributed by atoms with Crippen LogP contribution in [0, 0.1) is 2.88 Å². The van der Waals surface area contributed by atoms with E-state index >= 15 is 0 Å². The Morgan fingerprint density at radius 1 is 1.55 bits per heavy atom. The Kier molecular flexibility index (Phi) is 5.86. The van der Waals surface area contributed by atoms with Crippen molar-refractivity contribution in [3.8, 4) is 0 Å². The van der Waals surface area contributed by atoms with E-state index in [1.807, 2.05) is 37.0 Å². The van der Waals surface area contributed by atoms with Gasteiger partial charge in [-0.1, -0.05) is 0 Å². The molecule has 1 amide bonds. The van der Waals surface area contributed by atoms with Gasteiger partial charge in [0.2, 0.25) is 5.91 Å². The molecule has 0 aromatic carbocycles. The lowest BCUT2D eigenvalue weighted by Crippen LogP contribution is -2.46. The highest BCUT2D eigenvalue weighted by Crippen LogP contribution is 2.36. The highest BCUT2D eigenvalue weighted by atomic mass is 127. The molecule has 0 spiro atoms. The first-order chi connectivity index (χ1) is 9.56. The molecule has 1 aromatic rings. The second-order valence-electron chi connectivity index (χ2n) is 5.27. The fourth-order valence-corrected chi connectivity index (χ4v) is 5.00. The first kappa shape index (κ1) is 16.2. The number of hydrogen-bond donors (Lipinski definition) is 1. The summed E-state index contributed by atoms with van der Waals surface area (Å²) in [6.45, 7) is 7.63. The third kappa shape index (κ3) is 3.54. The van der Waals surface area contributed by atoms with E-state index in [0.717, 1.165) is 19.5 Å². The number of fused-ring (bicyclic) bond motifs is 1. The van der Waals surface area contributed by atoms with Gasteiger partial charge in [-0.05, 0) is 74.3 Å². The van der Waals surface area contributed by atoms with Crippen molar-refractivity contribution in [3.63, 3.8) is 0 Å².